The normalized spacial score (nSPS) is 11.9. The van der Waals surface area contributed by atoms with Crippen LogP contribution in [-0.2, 0) is 42.9 Å². The number of phenols is 1. The van der Waals surface area contributed by atoms with Gasteiger partial charge in [0.2, 0.25) is 0 Å². The third kappa shape index (κ3) is 4.48. The summed E-state index contributed by atoms with van der Waals surface area (Å²) in [6.07, 6.45) is 0. The minimum Gasteiger partial charge on any atom is -0.507 e. The van der Waals surface area contributed by atoms with Crippen molar-refractivity contribution in [2.75, 3.05) is 0 Å². The fourth-order valence-electron chi connectivity index (χ4n) is 1.79. The molecule has 100 valence electrons. The molecule has 0 amide bonds. The summed E-state index contributed by atoms with van der Waals surface area (Å²) in [7, 11) is 0. The molecule has 1 nitrogen and oxygen atoms in total. The Kier molecular flexibility index (Phi) is 6.14. The standard InChI is InChI=1S/C15H22OS2.Zn/c1-14(2,3)9-7-10(13(17)18)12(16)11(8-9)15(4,5)6;/h7-8,16H,1-6H3,(H,17,18);/q;+2/p-1. The van der Waals surface area contributed by atoms with E-state index in [0.717, 1.165) is 11.1 Å². The molecule has 0 fully saturated rings. The molecule has 0 spiro atoms. The second-order valence-electron chi connectivity index (χ2n) is 6.71. The number of hydrogen-bond donors (Lipinski definition) is 1. The SMILES string of the molecule is CC(C)(C)c1cc(C(=S)[S-])c(O)c(C(C)(C)C)c1.[Zn+2]. The van der Waals surface area contributed by atoms with Crippen molar-refractivity contribution in [3.8, 4) is 5.75 Å². The van der Waals surface area contributed by atoms with Gasteiger partial charge in [-0.15, -0.1) is 4.20 Å². The number of hydrogen-bond acceptors (Lipinski definition) is 3. The van der Waals surface area contributed by atoms with E-state index in [9.17, 15) is 5.11 Å². The largest absolute Gasteiger partial charge is 2.00 e. The van der Waals surface area contributed by atoms with Crippen molar-refractivity contribution in [2.45, 2.75) is 52.4 Å². The maximum absolute atomic E-state index is 10.3. The van der Waals surface area contributed by atoms with Crippen LogP contribution in [0.2, 0.25) is 0 Å². The first kappa shape index (κ1) is 19.0. The van der Waals surface area contributed by atoms with Crippen molar-refractivity contribution in [3.05, 3.63) is 28.8 Å². The van der Waals surface area contributed by atoms with Gasteiger partial charge in [-0.25, -0.2) is 0 Å². The zero-order valence-corrected chi connectivity index (χ0v) is 17.2. The number of aromatic hydroxyl groups is 1. The third-order valence-corrected chi connectivity index (χ3v) is 3.44. The average Bonchev–Trinajstić information content (AvgIpc) is 2.13. The van der Waals surface area contributed by atoms with Gasteiger partial charge < -0.3 is 30.0 Å². The van der Waals surface area contributed by atoms with E-state index in [1.807, 2.05) is 6.07 Å². The Morgan fingerprint density at radius 3 is 1.84 bits per heavy atom. The molecule has 1 N–H and O–H groups in total. The molecule has 0 aliphatic heterocycles. The van der Waals surface area contributed by atoms with Crippen LogP contribution in [0.15, 0.2) is 12.1 Å². The summed E-state index contributed by atoms with van der Waals surface area (Å²) in [4.78, 5) is 0. The Morgan fingerprint density at radius 1 is 1.05 bits per heavy atom. The topological polar surface area (TPSA) is 20.2 Å². The van der Waals surface area contributed by atoms with Gasteiger partial charge in [0.1, 0.15) is 5.75 Å². The van der Waals surface area contributed by atoms with E-state index < -0.39 is 0 Å². The molecule has 0 bridgehead atoms. The van der Waals surface area contributed by atoms with E-state index in [4.69, 9.17) is 24.8 Å². The number of rotatable bonds is 1. The summed E-state index contributed by atoms with van der Waals surface area (Å²) >= 11 is 10.1. The molecule has 0 aliphatic carbocycles. The summed E-state index contributed by atoms with van der Waals surface area (Å²) in [5.41, 5.74) is 2.52. The van der Waals surface area contributed by atoms with Crippen molar-refractivity contribution in [1.82, 2.24) is 0 Å². The molecule has 0 saturated carbocycles. The van der Waals surface area contributed by atoms with Crippen LogP contribution in [-0.4, -0.2) is 9.30 Å². The summed E-state index contributed by atoms with van der Waals surface area (Å²) in [6.45, 7) is 12.6. The minimum atomic E-state index is -0.139. The third-order valence-electron chi connectivity index (χ3n) is 3.00. The summed E-state index contributed by atoms with van der Waals surface area (Å²) < 4.78 is 0.323. The number of thiocarbonyl (C=S) groups is 1. The molecule has 0 unspecified atom stereocenters. The van der Waals surface area contributed by atoms with E-state index in [0.29, 0.717) is 9.76 Å². The van der Waals surface area contributed by atoms with E-state index in [1.54, 1.807) is 0 Å². The summed E-state index contributed by atoms with van der Waals surface area (Å²) in [6, 6.07) is 3.98. The smallest absolute Gasteiger partial charge is 0.507 e. The molecule has 0 aliphatic rings. The molecular weight excluding hydrogens is 326 g/mol. The number of benzene rings is 1. The number of phenolic OH excluding ortho intramolecular Hbond substituents is 1. The van der Waals surface area contributed by atoms with E-state index >= 15 is 0 Å². The van der Waals surface area contributed by atoms with Gasteiger partial charge in [-0.3, -0.25) is 0 Å². The van der Waals surface area contributed by atoms with Crippen molar-refractivity contribution in [3.63, 3.8) is 0 Å². The maximum atomic E-state index is 10.3. The van der Waals surface area contributed by atoms with E-state index in [-0.39, 0.29) is 36.1 Å². The Hall–Kier alpha value is -0.0466. The summed E-state index contributed by atoms with van der Waals surface area (Å²) in [5.74, 6) is 0.232. The average molecular weight is 347 g/mol. The quantitative estimate of drug-likeness (QED) is 0.467. The van der Waals surface area contributed by atoms with Gasteiger partial charge >= 0.3 is 19.5 Å². The Balaban J connectivity index is 0.00000324. The molecule has 1 aromatic carbocycles. The molecular formula is C15H21OS2Zn+. The minimum absolute atomic E-state index is 0. The molecule has 1 rings (SSSR count). The first-order valence-corrected chi connectivity index (χ1v) is 6.85. The molecule has 0 aromatic heterocycles. The van der Waals surface area contributed by atoms with Gasteiger partial charge in [0.05, 0.1) is 0 Å². The van der Waals surface area contributed by atoms with Gasteiger partial charge in [0, 0.05) is 11.1 Å². The van der Waals surface area contributed by atoms with Crippen molar-refractivity contribution >= 4 is 29.0 Å². The van der Waals surface area contributed by atoms with Crippen LogP contribution >= 0.6 is 12.2 Å². The second-order valence-corrected chi connectivity index (χ2v) is 7.78. The molecule has 0 saturated heterocycles. The first-order chi connectivity index (χ1) is 7.94. The van der Waals surface area contributed by atoms with Crippen LogP contribution in [0.1, 0.15) is 58.2 Å². The molecule has 19 heavy (non-hydrogen) atoms. The van der Waals surface area contributed by atoms with Gasteiger partial charge in [0.15, 0.2) is 0 Å². The maximum Gasteiger partial charge on any atom is 2.00 e. The van der Waals surface area contributed by atoms with Gasteiger partial charge in [-0.05, 0) is 22.5 Å². The van der Waals surface area contributed by atoms with Crippen molar-refractivity contribution < 1.29 is 24.6 Å². The second kappa shape index (κ2) is 6.16. The predicted octanol–water partition coefficient (Wildman–Crippen LogP) is 4.21. The van der Waals surface area contributed by atoms with Crippen LogP contribution in [0.25, 0.3) is 0 Å². The van der Waals surface area contributed by atoms with Crippen LogP contribution in [0, 0.1) is 0 Å². The van der Waals surface area contributed by atoms with Gasteiger partial charge in [-0.2, -0.15) is 0 Å². The van der Waals surface area contributed by atoms with E-state index in [2.05, 4.69) is 47.6 Å². The molecule has 0 heterocycles. The molecule has 0 atom stereocenters. The molecule has 4 heteroatoms. The van der Waals surface area contributed by atoms with Gasteiger partial charge in [-0.1, -0.05) is 47.6 Å². The van der Waals surface area contributed by atoms with Crippen molar-refractivity contribution in [1.29, 1.82) is 0 Å². The van der Waals surface area contributed by atoms with E-state index in [1.165, 1.54) is 0 Å². The monoisotopic (exact) mass is 345 g/mol. The van der Waals surface area contributed by atoms with Gasteiger partial charge in [0.25, 0.3) is 0 Å². The zero-order chi connectivity index (χ0) is 14.3. The fourth-order valence-corrected chi connectivity index (χ4v) is 2.11. The fraction of sp³-hybridized carbons (Fsp3) is 0.533. The zero-order valence-electron chi connectivity index (χ0n) is 12.6. The van der Waals surface area contributed by atoms with Crippen molar-refractivity contribution in [2.24, 2.45) is 0 Å². The Labute approximate surface area is 140 Å². The van der Waals surface area contributed by atoms with Crippen LogP contribution in [0.3, 0.4) is 0 Å². The predicted molar refractivity (Wildman–Crippen MR) is 84.6 cm³/mol. The van der Waals surface area contributed by atoms with Crippen LogP contribution in [0.4, 0.5) is 0 Å². The Morgan fingerprint density at radius 2 is 1.53 bits per heavy atom. The molecule has 0 radical (unpaired) electrons. The molecule has 1 aromatic rings. The summed E-state index contributed by atoms with van der Waals surface area (Å²) in [5, 5.41) is 10.3. The first-order valence-electron chi connectivity index (χ1n) is 6.04. The van der Waals surface area contributed by atoms with Crippen LogP contribution < -0.4 is 0 Å². The van der Waals surface area contributed by atoms with Crippen LogP contribution in [0.5, 0.6) is 5.75 Å². The Bertz CT molecular complexity index is 482.